The lowest BCUT2D eigenvalue weighted by Gasteiger charge is -2.31. The Balaban J connectivity index is 2.31. The van der Waals surface area contributed by atoms with E-state index in [0.29, 0.717) is 32.1 Å². The van der Waals surface area contributed by atoms with Crippen LogP contribution in [0.25, 0.3) is 0 Å². The molecule has 2 fully saturated rings. The van der Waals surface area contributed by atoms with Gasteiger partial charge >= 0.3 is 17.9 Å². The van der Waals surface area contributed by atoms with Gasteiger partial charge in [-0.05, 0) is 159 Å². The molecule has 143 heavy (non-hydrogen) atoms. The number of primary amides is 2. The topological polar surface area (TPSA) is 852 Å². The summed E-state index contributed by atoms with van der Waals surface area (Å²) in [7, 11) is 0. The highest BCUT2D eigenvalue weighted by Crippen LogP contribution is 2.24. The van der Waals surface area contributed by atoms with Crippen LogP contribution < -0.4 is 119 Å². The quantitative estimate of drug-likeness (QED) is 0.0252. The van der Waals surface area contributed by atoms with Crippen molar-refractivity contribution in [3.05, 3.63) is 0 Å². The number of carbonyl (C=O) groups is 24. The number of hydrogen-bond acceptors (Lipinski definition) is 29. The van der Waals surface area contributed by atoms with Crippen LogP contribution in [0, 0.1) is 35.5 Å². The van der Waals surface area contributed by atoms with E-state index in [1.807, 2.05) is 6.92 Å². The van der Waals surface area contributed by atoms with Gasteiger partial charge in [-0.15, -0.1) is 0 Å². The number of carboxylic acid groups (broad SMARTS) is 3. The Labute approximate surface area is 830 Å². The van der Waals surface area contributed by atoms with Gasteiger partial charge in [0.2, 0.25) is 124 Å². The number of aliphatic hydroxyl groups is 2. The zero-order valence-corrected chi connectivity index (χ0v) is 84.0. The second-order valence-electron chi connectivity index (χ2n) is 37.6. The predicted octanol–water partition coefficient (Wildman–Crippen LogP) is -8.86. The predicted molar refractivity (Wildman–Crippen MR) is 510 cm³/mol. The van der Waals surface area contributed by atoms with Crippen molar-refractivity contribution in [3.63, 3.8) is 0 Å². The van der Waals surface area contributed by atoms with Gasteiger partial charge < -0.3 is 154 Å². The summed E-state index contributed by atoms with van der Waals surface area (Å²) in [5, 5.41) is 90.0. The second-order valence-corrected chi connectivity index (χ2v) is 37.6. The fourth-order valence-electron chi connectivity index (χ4n) is 15.2. The van der Waals surface area contributed by atoms with Crippen molar-refractivity contribution in [2.45, 2.75) is 334 Å². The summed E-state index contributed by atoms with van der Waals surface area (Å²) in [6, 6.07) is -26.7. The average Bonchev–Trinajstić information content (AvgIpc) is 1.61. The largest absolute Gasteiger partial charge is 0.481 e. The smallest absolute Gasteiger partial charge is 0.326 e. The van der Waals surface area contributed by atoms with E-state index >= 15 is 0 Å². The van der Waals surface area contributed by atoms with Crippen molar-refractivity contribution in [1.29, 1.82) is 0 Å². The normalized spacial score (nSPS) is 17.0. The SMILES string of the molecule is CC[C@H](C)[C@H](N)C(=O)N1CCC[C@H]1C(=O)N[C@@H](CCC(=O)O)C(=O)N[C@H](C(=O)N[C@@H](CCC(N)=O)C(=O)N[C@@H](CC(C)C)C(=O)N[C@H](C(=O)N[C@@H](CCC(N)=O)C(=O)N[C@@H](CO)C(=O)NCC(=O)N[C@@H](C)C(=O)N[C@@H](CCC(=O)O)C(=O)N[C@H](C(=O)N[C@@H](CCCCN)C(=O)N[C@@H](CCCCN)C(=O)N1CCC[C@H]1C(=O)NCC(=O)N[C@@H](C)C(=O)N[C@@H](CO)C(=O)N[C@H](C(=O)O)C(C)C)C(C)C)C(C)C)C(C)C. The van der Waals surface area contributed by atoms with Crippen LogP contribution in [0.3, 0.4) is 0 Å². The number of hydrogen-bond donors (Lipinski definition) is 27. The molecule has 2 rings (SSSR count). The van der Waals surface area contributed by atoms with Crippen LogP contribution in [0.2, 0.25) is 0 Å². The molecule has 0 aromatic heterocycles. The summed E-state index contributed by atoms with van der Waals surface area (Å²) in [5.41, 5.74) is 28.8. The number of carbonyl (C=O) groups excluding carboxylic acids is 21. The van der Waals surface area contributed by atoms with Crippen molar-refractivity contribution in [2.24, 2.45) is 64.2 Å². The first-order chi connectivity index (χ1) is 67.0. The van der Waals surface area contributed by atoms with Crippen LogP contribution in [0.15, 0.2) is 0 Å². The Morgan fingerprint density at radius 2 is 0.650 bits per heavy atom. The summed E-state index contributed by atoms with van der Waals surface area (Å²) in [5.74, 6) is -28.1. The first-order valence-electron chi connectivity index (χ1n) is 48.3. The van der Waals surface area contributed by atoms with Gasteiger partial charge in [0, 0.05) is 38.8 Å². The minimum absolute atomic E-state index is 0.0188. The molecular formula is C90H154N24O29. The maximum atomic E-state index is 14.6. The average molecular weight is 2040 g/mol. The summed E-state index contributed by atoms with van der Waals surface area (Å²) < 4.78 is 0. The number of unbranched alkanes of at least 4 members (excludes halogenated alkanes) is 2. The van der Waals surface area contributed by atoms with E-state index < -0.39 is 358 Å². The Morgan fingerprint density at radius 1 is 0.336 bits per heavy atom. The number of nitrogens with zero attached hydrogens (tertiary/aromatic N) is 2. The van der Waals surface area contributed by atoms with E-state index in [1.54, 1.807) is 20.8 Å². The van der Waals surface area contributed by atoms with Crippen LogP contribution in [-0.2, 0) is 115 Å². The van der Waals surface area contributed by atoms with E-state index in [2.05, 4.69) is 90.4 Å². The number of rotatable bonds is 67. The van der Waals surface area contributed by atoms with Crippen LogP contribution in [0.5, 0.6) is 0 Å². The molecule has 53 nitrogen and oxygen atoms in total. The molecule has 0 aliphatic carbocycles. The number of likely N-dealkylation sites (tertiary alicyclic amines) is 2. The van der Waals surface area contributed by atoms with E-state index in [0.717, 1.165) is 6.92 Å². The third-order valence-corrected chi connectivity index (χ3v) is 23.9. The molecule has 53 heteroatoms. The number of aliphatic carboxylic acids is 3. The van der Waals surface area contributed by atoms with Crippen molar-refractivity contribution in [1.82, 2.24) is 100 Å². The number of nitrogens with one attached hydrogen (secondary N) is 17. The van der Waals surface area contributed by atoms with Crippen molar-refractivity contribution in [2.75, 3.05) is 52.5 Å². The van der Waals surface area contributed by atoms with E-state index in [-0.39, 0.29) is 77.0 Å². The maximum Gasteiger partial charge on any atom is 0.326 e. The summed E-state index contributed by atoms with van der Waals surface area (Å²) >= 11 is 0. The first-order valence-corrected chi connectivity index (χ1v) is 48.3. The van der Waals surface area contributed by atoms with Crippen LogP contribution in [0.4, 0.5) is 0 Å². The van der Waals surface area contributed by atoms with Gasteiger partial charge in [0.15, 0.2) is 0 Å². The number of aliphatic hydroxyl groups excluding tert-OH is 2. The minimum atomic E-state index is -1.93. The molecule has 2 aliphatic heterocycles. The van der Waals surface area contributed by atoms with Crippen LogP contribution in [-0.4, -0.2) is 339 Å². The molecule has 808 valence electrons. The highest BCUT2D eigenvalue weighted by atomic mass is 16.4. The zero-order chi connectivity index (χ0) is 109. The Hall–Kier alpha value is -12.9. The maximum absolute atomic E-state index is 14.6. The lowest BCUT2D eigenvalue weighted by Crippen LogP contribution is -2.61. The molecular weight excluding hydrogens is 1880 g/mol. The third-order valence-electron chi connectivity index (χ3n) is 23.9. The minimum Gasteiger partial charge on any atom is -0.481 e. The molecule has 21 amide bonds. The molecule has 2 saturated heterocycles. The van der Waals surface area contributed by atoms with Crippen LogP contribution >= 0.6 is 0 Å². The molecule has 19 atom stereocenters. The molecule has 0 bridgehead atoms. The summed E-state index contributed by atoms with van der Waals surface area (Å²) in [6.07, 6.45) is -2.03. The molecule has 32 N–H and O–H groups in total. The molecule has 2 heterocycles. The molecule has 0 aromatic rings. The van der Waals surface area contributed by atoms with E-state index in [1.165, 1.54) is 72.1 Å². The van der Waals surface area contributed by atoms with Gasteiger partial charge in [-0.3, -0.25) is 110 Å². The summed E-state index contributed by atoms with van der Waals surface area (Å²) in [4.78, 5) is 327. The van der Waals surface area contributed by atoms with Gasteiger partial charge in [-0.2, -0.15) is 0 Å². The van der Waals surface area contributed by atoms with Gasteiger partial charge in [0.05, 0.1) is 32.3 Å². The number of nitrogens with two attached hydrogens (primary N) is 5. The third kappa shape index (κ3) is 44.2. The number of carboxylic acids is 3. The molecule has 0 aromatic carbocycles. The fourth-order valence-corrected chi connectivity index (χ4v) is 15.2. The van der Waals surface area contributed by atoms with Gasteiger partial charge in [0.1, 0.15) is 103 Å². The second kappa shape index (κ2) is 63.9. The molecule has 0 spiro atoms. The lowest BCUT2D eigenvalue weighted by molar-refractivity contribution is -0.144. The fraction of sp³-hybridized carbons (Fsp3) is 0.733. The standard InChI is InChI=1S/C90H154N24O29/c1-15-48(12)68(95)89(141)114-37-21-25-61(114)84(136)101-55(29-33-67(123)124)80(132)110-70(45(6)7)86(138)103-52(26-30-62(93)117)77(129)106-57(38-43(2)3)81(133)111-71(46(8)9)87(139)104-53(27-31-63(94)118)78(130)108-58(41-115)75(127)96-39-64(119)98-49(13)73(125)100-54(28-32-66(121)122)79(131)109-69(44(4)5)85(137)102-51(22-16-18-34-91)76(128)105-56(23-17-19-35-92)88(140)113-36-20-24-60(113)83(135)97-40-65(120)99-50(14)74(126)107-59(42-116)82(134)112-72(47(10)11)90(142)143/h43-61,68-72,115-116H,15-42,91-92,95H2,1-14H3,(H2,93,117)(H2,94,118)(H,96,127)(H,97,135)(H,98,119)(H,99,120)(H,100,125)(H,101,136)(H,102,137)(H,103,138)(H,104,139)(H,105,128)(H,106,129)(H,107,126)(H,108,130)(H,109,131)(H,110,132)(H,111,133)(H,112,134)(H,121,122)(H,123,124)(H,142,143)/t48-,49-,50-,51-,52-,53-,54-,55-,56-,57-,58-,59-,60-,61-,68-,69-,70-,71-,72-/m0/s1. The summed E-state index contributed by atoms with van der Waals surface area (Å²) in [6.45, 7) is 18.1. The first kappa shape index (κ1) is 126. The number of amides is 21. The lowest BCUT2D eigenvalue weighted by atomic mass is 9.98. The van der Waals surface area contributed by atoms with Crippen molar-refractivity contribution in [3.8, 4) is 0 Å². The van der Waals surface area contributed by atoms with Gasteiger partial charge in [-0.1, -0.05) is 89.5 Å². The van der Waals surface area contributed by atoms with Gasteiger partial charge in [0.25, 0.3) is 0 Å². The highest BCUT2D eigenvalue weighted by molar-refractivity contribution is 6.02. The van der Waals surface area contributed by atoms with Gasteiger partial charge in [-0.25, -0.2) is 4.79 Å². The van der Waals surface area contributed by atoms with Crippen molar-refractivity contribution >= 4 is 142 Å². The van der Waals surface area contributed by atoms with Crippen molar-refractivity contribution < 1.29 is 141 Å². The molecule has 0 radical (unpaired) electrons. The van der Waals surface area contributed by atoms with E-state index in [4.69, 9.17) is 28.7 Å². The highest BCUT2D eigenvalue weighted by Gasteiger charge is 2.44. The Bertz CT molecular complexity index is 4390. The molecule has 0 saturated carbocycles. The molecule has 0 unspecified atom stereocenters. The zero-order valence-electron chi connectivity index (χ0n) is 84.0. The Kier molecular flexibility index (Phi) is 56.3. The monoisotopic (exact) mass is 2040 g/mol. The van der Waals surface area contributed by atoms with E-state index in [9.17, 15) is 141 Å². The molecule has 2 aliphatic rings. The Morgan fingerprint density at radius 3 is 1.03 bits per heavy atom. The van der Waals surface area contributed by atoms with Crippen LogP contribution in [0.1, 0.15) is 225 Å².